The molecule has 0 spiro atoms. The van der Waals surface area contributed by atoms with Crippen LogP contribution in [0.4, 0.5) is 4.39 Å². The molecule has 0 radical (unpaired) electrons. The molecule has 3 nitrogen and oxygen atoms in total. The van der Waals surface area contributed by atoms with Crippen molar-refractivity contribution < 1.29 is 13.9 Å². The Labute approximate surface area is 123 Å². The lowest BCUT2D eigenvalue weighted by Crippen LogP contribution is -2.20. The van der Waals surface area contributed by atoms with Crippen molar-refractivity contribution in [1.29, 1.82) is 0 Å². The number of carbonyl (C=O) groups excluding carboxylic acids is 1. The molecule has 108 valence electrons. The van der Waals surface area contributed by atoms with E-state index in [1.807, 2.05) is 24.3 Å². The fourth-order valence-electron chi connectivity index (χ4n) is 1.87. The van der Waals surface area contributed by atoms with Gasteiger partial charge in [0.25, 0.3) is 0 Å². The lowest BCUT2D eigenvalue weighted by molar-refractivity contribution is -0.116. The van der Waals surface area contributed by atoms with Crippen LogP contribution in [0.15, 0.2) is 54.6 Å². The van der Waals surface area contributed by atoms with E-state index in [2.05, 4.69) is 5.32 Å². The fraction of sp³-hybridized carbons (Fsp3) is 0.118. The summed E-state index contributed by atoms with van der Waals surface area (Å²) >= 11 is 0. The molecular weight excluding hydrogens is 269 g/mol. The maximum Gasteiger partial charge on any atom is 0.244 e. The Bertz CT molecular complexity index is 653. The van der Waals surface area contributed by atoms with Gasteiger partial charge in [-0.15, -0.1) is 0 Å². The third-order valence-corrected chi connectivity index (χ3v) is 2.97. The molecule has 0 heterocycles. The predicted molar refractivity (Wildman–Crippen MR) is 80.3 cm³/mol. The van der Waals surface area contributed by atoms with Gasteiger partial charge in [0.1, 0.15) is 11.6 Å². The number of ether oxygens (including phenoxy) is 1. The molecule has 0 unspecified atom stereocenters. The molecule has 0 aliphatic carbocycles. The van der Waals surface area contributed by atoms with Crippen LogP contribution in [0, 0.1) is 5.82 Å². The van der Waals surface area contributed by atoms with Gasteiger partial charge >= 0.3 is 0 Å². The van der Waals surface area contributed by atoms with Crippen LogP contribution in [0.2, 0.25) is 0 Å². The van der Waals surface area contributed by atoms with Gasteiger partial charge in [0.2, 0.25) is 5.91 Å². The quantitative estimate of drug-likeness (QED) is 0.857. The van der Waals surface area contributed by atoms with Crippen molar-refractivity contribution in [2.45, 2.75) is 6.54 Å². The highest BCUT2D eigenvalue weighted by atomic mass is 19.1. The van der Waals surface area contributed by atoms with Crippen molar-refractivity contribution in [3.05, 3.63) is 71.6 Å². The minimum absolute atomic E-state index is 0.288. The fourth-order valence-corrected chi connectivity index (χ4v) is 1.87. The van der Waals surface area contributed by atoms with E-state index in [0.29, 0.717) is 12.1 Å². The normalized spacial score (nSPS) is 10.6. The van der Waals surface area contributed by atoms with Crippen LogP contribution in [0.25, 0.3) is 6.08 Å². The molecule has 0 saturated heterocycles. The Balaban J connectivity index is 1.95. The summed E-state index contributed by atoms with van der Waals surface area (Å²) in [4.78, 5) is 11.7. The summed E-state index contributed by atoms with van der Waals surface area (Å²) < 4.78 is 18.6. The second kappa shape index (κ2) is 7.24. The zero-order valence-electron chi connectivity index (χ0n) is 11.7. The standard InChI is InChI=1S/C17H16FNO2/c1-21-16-9-5-3-7-14(16)12-19-17(20)11-10-13-6-2-4-8-15(13)18/h2-11H,12H2,1H3,(H,19,20)/b11-10-. The Kier molecular flexibility index (Phi) is 5.10. The third-order valence-electron chi connectivity index (χ3n) is 2.97. The van der Waals surface area contributed by atoms with Gasteiger partial charge in [-0.25, -0.2) is 4.39 Å². The summed E-state index contributed by atoms with van der Waals surface area (Å²) in [6, 6.07) is 13.7. The van der Waals surface area contributed by atoms with Gasteiger partial charge in [0.15, 0.2) is 0 Å². The largest absolute Gasteiger partial charge is 0.496 e. The number of benzene rings is 2. The number of para-hydroxylation sites is 1. The number of carbonyl (C=O) groups is 1. The molecule has 0 aliphatic heterocycles. The van der Waals surface area contributed by atoms with Crippen molar-refractivity contribution in [3.63, 3.8) is 0 Å². The first-order valence-corrected chi connectivity index (χ1v) is 6.53. The van der Waals surface area contributed by atoms with E-state index < -0.39 is 0 Å². The van der Waals surface area contributed by atoms with Gasteiger partial charge in [-0.2, -0.15) is 0 Å². The summed E-state index contributed by atoms with van der Waals surface area (Å²) in [5.41, 5.74) is 1.26. The van der Waals surface area contributed by atoms with E-state index in [4.69, 9.17) is 4.74 Å². The van der Waals surface area contributed by atoms with Crippen molar-refractivity contribution >= 4 is 12.0 Å². The highest BCUT2D eigenvalue weighted by Gasteiger charge is 2.03. The topological polar surface area (TPSA) is 38.3 Å². The van der Waals surface area contributed by atoms with Crippen LogP contribution in [0.3, 0.4) is 0 Å². The second-order valence-corrected chi connectivity index (χ2v) is 4.38. The van der Waals surface area contributed by atoms with E-state index in [1.54, 1.807) is 25.3 Å². The molecule has 0 bridgehead atoms. The maximum atomic E-state index is 13.4. The molecule has 4 heteroatoms. The molecule has 2 aromatic carbocycles. The van der Waals surface area contributed by atoms with Crippen LogP contribution in [-0.2, 0) is 11.3 Å². The zero-order chi connectivity index (χ0) is 15.1. The third kappa shape index (κ3) is 4.18. The van der Waals surface area contributed by atoms with E-state index in [-0.39, 0.29) is 11.7 Å². The number of amides is 1. The van der Waals surface area contributed by atoms with Crippen molar-refractivity contribution in [3.8, 4) is 5.75 Å². The molecule has 21 heavy (non-hydrogen) atoms. The number of nitrogens with one attached hydrogen (secondary N) is 1. The number of halogens is 1. The zero-order valence-corrected chi connectivity index (χ0v) is 11.7. The van der Waals surface area contributed by atoms with Crippen LogP contribution in [0.5, 0.6) is 5.75 Å². The van der Waals surface area contributed by atoms with Gasteiger partial charge in [-0.1, -0.05) is 36.4 Å². The first kappa shape index (κ1) is 14.8. The summed E-state index contributed by atoms with van der Waals surface area (Å²) in [5, 5.41) is 2.74. The highest BCUT2D eigenvalue weighted by molar-refractivity contribution is 5.91. The summed E-state index contributed by atoms with van der Waals surface area (Å²) in [5.74, 6) is 0.0753. The Morgan fingerprint density at radius 1 is 1.19 bits per heavy atom. The van der Waals surface area contributed by atoms with E-state index in [1.165, 1.54) is 18.2 Å². The predicted octanol–water partition coefficient (Wildman–Crippen LogP) is 3.16. The Morgan fingerprint density at radius 3 is 2.67 bits per heavy atom. The first-order chi connectivity index (χ1) is 10.2. The lowest BCUT2D eigenvalue weighted by atomic mass is 10.2. The SMILES string of the molecule is COc1ccccc1CNC(=O)/C=C\c1ccccc1F. The average Bonchev–Trinajstić information content (AvgIpc) is 2.52. The van der Waals surface area contributed by atoms with Gasteiger partial charge in [0, 0.05) is 23.7 Å². The highest BCUT2D eigenvalue weighted by Crippen LogP contribution is 2.16. The van der Waals surface area contributed by atoms with E-state index >= 15 is 0 Å². The van der Waals surface area contributed by atoms with Crippen molar-refractivity contribution in [2.24, 2.45) is 0 Å². The first-order valence-electron chi connectivity index (χ1n) is 6.53. The molecule has 0 saturated carbocycles. The summed E-state index contributed by atoms with van der Waals surface area (Å²) in [6.45, 7) is 0.352. The molecule has 0 aliphatic rings. The monoisotopic (exact) mass is 285 g/mol. The molecule has 0 aromatic heterocycles. The van der Waals surface area contributed by atoms with Gasteiger partial charge in [-0.3, -0.25) is 4.79 Å². The van der Waals surface area contributed by atoms with Crippen molar-refractivity contribution in [2.75, 3.05) is 7.11 Å². The second-order valence-electron chi connectivity index (χ2n) is 4.38. The van der Waals surface area contributed by atoms with Gasteiger partial charge in [-0.05, 0) is 18.2 Å². The molecule has 1 amide bonds. The van der Waals surface area contributed by atoms with Crippen LogP contribution >= 0.6 is 0 Å². The molecular formula is C17H16FNO2. The Hall–Kier alpha value is -2.62. The van der Waals surface area contributed by atoms with Crippen LogP contribution in [0.1, 0.15) is 11.1 Å². The van der Waals surface area contributed by atoms with E-state index in [9.17, 15) is 9.18 Å². The molecule has 0 atom stereocenters. The smallest absolute Gasteiger partial charge is 0.244 e. The minimum atomic E-state index is -0.355. The van der Waals surface area contributed by atoms with Crippen LogP contribution in [-0.4, -0.2) is 13.0 Å². The van der Waals surface area contributed by atoms with Gasteiger partial charge < -0.3 is 10.1 Å². The average molecular weight is 285 g/mol. The van der Waals surface area contributed by atoms with Crippen LogP contribution < -0.4 is 10.1 Å². The van der Waals surface area contributed by atoms with E-state index in [0.717, 1.165) is 11.3 Å². The van der Waals surface area contributed by atoms with Crippen molar-refractivity contribution in [1.82, 2.24) is 5.32 Å². The minimum Gasteiger partial charge on any atom is -0.496 e. The summed E-state index contributed by atoms with van der Waals surface area (Å²) in [6.07, 6.45) is 2.76. The number of hydrogen-bond donors (Lipinski definition) is 1. The molecule has 2 aromatic rings. The number of methoxy groups -OCH3 is 1. The Morgan fingerprint density at radius 2 is 1.90 bits per heavy atom. The molecule has 1 N–H and O–H groups in total. The summed E-state index contributed by atoms with van der Waals surface area (Å²) in [7, 11) is 1.58. The molecule has 2 rings (SSSR count). The number of rotatable bonds is 5. The van der Waals surface area contributed by atoms with Gasteiger partial charge in [0.05, 0.1) is 7.11 Å². The lowest BCUT2D eigenvalue weighted by Gasteiger charge is -2.08. The maximum absolute atomic E-state index is 13.4. The molecule has 0 fully saturated rings. The number of hydrogen-bond acceptors (Lipinski definition) is 2.